The minimum absolute atomic E-state index is 0.0102. The maximum Gasteiger partial charge on any atom is 0.411 e. The number of carbonyl (C=O) groups excluding carboxylic acids is 2. The number of nitrogens with zero attached hydrogens (tertiary/aromatic N) is 6. The largest absolute Gasteiger partial charge is 0.444 e. The van der Waals surface area contributed by atoms with Crippen LogP contribution in [0.25, 0.3) is 11.3 Å². The van der Waals surface area contributed by atoms with Crippen molar-refractivity contribution in [2.45, 2.75) is 77.7 Å². The normalized spacial score (nSPS) is 21.0. The summed E-state index contributed by atoms with van der Waals surface area (Å²) in [7, 11) is 0. The highest BCUT2D eigenvalue weighted by atomic mass is 35.5. The Morgan fingerprint density at radius 1 is 1.02 bits per heavy atom. The van der Waals surface area contributed by atoms with Gasteiger partial charge >= 0.3 is 6.09 Å². The standard InChI is InChI=1S/C33H41Cl2FN6O3/c1-21(2)14-25-18-39(17-22-6-8-23(34)9-7-22)12-13-40(25)31(43)30-16-26(19-41(30)32(44)45-33(3,4)5)42-20-29(37-38-42)27-11-10-24(35)15-28(27)36/h6-11,15,20-21,25-26,30H,12-14,16-19H2,1-5H3/t25?,26?,30-/m0/s1. The predicted octanol–water partition coefficient (Wildman–Crippen LogP) is 6.70. The molecule has 45 heavy (non-hydrogen) atoms. The van der Waals surface area contributed by atoms with Crippen molar-refractivity contribution in [1.29, 1.82) is 0 Å². The fraction of sp³-hybridized carbons (Fsp3) is 0.515. The molecule has 3 heterocycles. The molecule has 2 saturated heterocycles. The predicted molar refractivity (Wildman–Crippen MR) is 172 cm³/mol. The summed E-state index contributed by atoms with van der Waals surface area (Å²) >= 11 is 12.0. The summed E-state index contributed by atoms with van der Waals surface area (Å²) in [5.41, 5.74) is 1.05. The zero-order valence-electron chi connectivity index (χ0n) is 26.4. The van der Waals surface area contributed by atoms with E-state index in [2.05, 4.69) is 29.1 Å². The van der Waals surface area contributed by atoms with E-state index in [1.54, 1.807) is 43.8 Å². The summed E-state index contributed by atoms with van der Waals surface area (Å²) in [5.74, 6) is -0.221. The van der Waals surface area contributed by atoms with Crippen molar-refractivity contribution in [1.82, 2.24) is 29.7 Å². The molecule has 0 N–H and O–H groups in total. The Hall–Kier alpha value is -3.21. The van der Waals surface area contributed by atoms with Crippen LogP contribution in [0.1, 0.15) is 59.1 Å². The molecule has 2 aromatic carbocycles. The first-order valence-corrected chi connectivity index (χ1v) is 16.2. The van der Waals surface area contributed by atoms with Crippen molar-refractivity contribution >= 4 is 35.2 Å². The number of hydrogen-bond acceptors (Lipinski definition) is 6. The van der Waals surface area contributed by atoms with Gasteiger partial charge in [-0.05, 0) is 69.0 Å². The van der Waals surface area contributed by atoms with Crippen LogP contribution in [0.4, 0.5) is 9.18 Å². The van der Waals surface area contributed by atoms with Crippen molar-refractivity contribution in [3.63, 3.8) is 0 Å². The molecule has 0 radical (unpaired) electrons. The van der Waals surface area contributed by atoms with Crippen molar-refractivity contribution in [3.8, 4) is 11.3 Å². The first-order valence-electron chi connectivity index (χ1n) is 15.4. The Morgan fingerprint density at radius 3 is 2.40 bits per heavy atom. The maximum absolute atomic E-state index is 14.6. The second kappa shape index (κ2) is 13.6. The summed E-state index contributed by atoms with van der Waals surface area (Å²) in [5, 5.41) is 9.45. The molecule has 2 unspecified atom stereocenters. The number of amides is 2. The molecular weight excluding hydrogens is 618 g/mol. The number of rotatable bonds is 7. The second-order valence-corrected chi connectivity index (χ2v) is 14.3. The topological polar surface area (TPSA) is 83.8 Å². The van der Waals surface area contributed by atoms with Gasteiger partial charge in [0.05, 0.1) is 12.2 Å². The van der Waals surface area contributed by atoms with Gasteiger partial charge in [0.25, 0.3) is 0 Å². The van der Waals surface area contributed by atoms with E-state index in [-0.39, 0.29) is 35.1 Å². The van der Waals surface area contributed by atoms with Crippen molar-refractivity contribution in [2.24, 2.45) is 5.92 Å². The van der Waals surface area contributed by atoms with Crippen LogP contribution in [0.15, 0.2) is 48.7 Å². The lowest BCUT2D eigenvalue weighted by Gasteiger charge is -2.44. The molecule has 9 nitrogen and oxygen atoms in total. The average molecular weight is 660 g/mol. The monoisotopic (exact) mass is 658 g/mol. The Bertz CT molecular complexity index is 1510. The Balaban J connectivity index is 1.37. The van der Waals surface area contributed by atoms with Gasteiger partial charge in [0.1, 0.15) is 23.2 Å². The van der Waals surface area contributed by atoms with Gasteiger partial charge < -0.3 is 9.64 Å². The highest BCUT2D eigenvalue weighted by Gasteiger charge is 2.46. The van der Waals surface area contributed by atoms with Crippen LogP contribution in [0.2, 0.25) is 10.0 Å². The van der Waals surface area contributed by atoms with Gasteiger partial charge in [0.15, 0.2) is 0 Å². The van der Waals surface area contributed by atoms with Gasteiger partial charge in [-0.3, -0.25) is 14.6 Å². The SMILES string of the molecule is CC(C)CC1CN(Cc2ccc(Cl)cc2)CCN1C(=O)[C@@H]1CC(n2cc(-c3ccc(Cl)cc3F)nn2)CN1C(=O)OC(C)(C)C. The summed E-state index contributed by atoms with van der Waals surface area (Å²) < 4.78 is 22.0. The third-order valence-electron chi connectivity index (χ3n) is 8.20. The third-order valence-corrected chi connectivity index (χ3v) is 8.68. The minimum Gasteiger partial charge on any atom is -0.444 e. The van der Waals surface area contributed by atoms with E-state index in [0.717, 1.165) is 19.5 Å². The van der Waals surface area contributed by atoms with Crippen LogP contribution in [-0.4, -0.2) is 85.6 Å². The van der Waals surface area contributed by atoms with E-state index >= 15 is 0 Å². The lowest BCUT2D eigenvalue weighted by Crippen LogP contribution is -2.59. The van der Waals surface area contributed by atoms with Crippen molar-refractivity contribution in [2.75, 3.05) is 26.2 Å². The molecule has 5 rings (SSSR count). The molecule has 1 aromatic heterocycles. The lowest BCUT2D eigenvalue weighted by atomic mass is 9.98. The zero-order valence-corrected chi connectivity index (χ0v) is 27.9. The summed E-state index contributed by atoms with van der Waals surface area (Å²) in [6, 6.07) is 11.1. The van der Waals surface area contributed by atoms with Crippen LogP contribution in [0.3, 0.4) is 0 Å². The molecule has 2 aliphatic rings. The van der Waals surface area contributed by atoms with Crippen LogP contribution < -0.4 is 0 Å². The Morgan fingerprint density at radius 2 is 1.73 bits per heavy atom. The van der Waals surface area contributed by atoms with E-state index < -0.39 is 23.6 Å². The molecule has 3 aromatic rings. The molecule has 0 aliphatic carbocycles. The summed E-state index contributed by atoms with van der Waals surface area (Å²) in [6.45, 7) is 12.7. The van der Waals surface area contributed by atoms with E-state index in [1.807, 2.05) is 29.2 Å². The first kappa shape index (κ1) is 33.2. The number of benzene rings is 2. The van der Waals surface area contributed by atoms with E-state index in [1.165, 1.54) is 16.5 Å². The van der Waals surface area contributed by atoms with Crippen LogP contribution >= 0.6 is 23.2 Å². The molecule has 2 amide bonds. The van der Waals surface area contributed by atoms with Crippen LogP contribution in [0.5, 0.6) is 0 Å². The van der Waals surface area contributed by atoms with Crippen molar-refractivity contribution in [3.05, 3.63) is 70.1 Å². The number of hydrogen-bond donors (Lipinski definition) is 0. The zero-order chi connectivity index (χ0) is 32.5. The Kier molecular flexibility index (Phi) is 10.1. The van der Waals surface area contributed by atoms with Gasteiger partial charge in [0.2, 0.25) is 5.91 Å². The fourth-order valence-corrected chi connectivity index (χ4v) is 6.46. The van der Waals surface area contributed by atoms with E-state index in [0.29, 0.717) is 36.1 Å². The second-order valence-electron chi connectivity index (χ2n) is 13.4. The smallest absolute Gasteiger partial charge is 0.411 e. The number of halogens is 3. The molecule has 0 saturated carbocycles. The highest BCUT2D eigenvalue weighted by Crippen LogP contribution is 2.33. The fourth-order valence-electron chi connectivity index (χ4n) is 6.18. The Labute approximate surface area is 274 Å². The minimum atomic E-state index is -0.734. The molecule has 0 bridgehead atoms. The molecule has 242 valence electrons. The third kappa shape index (κ3) is 8.15. The van der Waals surface area contributed by atoms with Crippen LogP contribution in [0, 0.1) is 11.7 Å². The van der Waals surface area contributed by atoms with Gasteiger partial charge in [0, 0.05) is 60.8 Å². The van der Waals surface area contributed by atoms with Crippen LogP contribution in [-0.2, 0) is 16.1 Å². The van der Waals surface area contributed by atoms with Crippen molar-refractivity contribution < 1.29 is 18.7 Å². The first-order chi connectivity index (χ1) is 21.3. The van der Waals surface area contributed by atoms with Gasteiger partial charge in [-0.15, -0.1) is 5.10 Å². The number of ether oxygens (including phenoxy) is 1. The molecule has 2 aliphatic heterocycles. The molecule has 12 heteroatoms. The van der Waals surface area contributed by atoms with E-state index in [9.17, 15) is 14.0 Å². The summed E-state index contributed by atoms with van der Waals surface area (Å²) in [4.78, 5) is 33.7. The van der Waals surface area contributed by atoms with E-state index in [4.69, 9.17) is 27.9 Å². The summed E-state index contributed by atoms with van der Waals surface area (Å²) in [6.07, 6.45) is 2.27. The lowest BCUT2D eigenvalue weighted by molar-refractivity contribution is -0.141. The number of carbonyl (C=O) groups is 2. The number of likely N-dealkylation sites (tertiary alicyclic amines) is 1. The molecular formula is C33H41Cl2FN6O3. The molecule has 0 spiro atoms. The molecule has 2 fully saturated rings. The number of piperazine rings is 1. The van der Waals surface area contributed by atoms with Gasteiger partial charge in [-0.2, -0.15) is 0 Å². The highest BCUT2D eigenvalue weighted by molar-refractivity contribution is 6.30. The van der Waals surface area contributed by atoms with Gasteiger partial charge in [-0.25, -0.2) is 13.9 Å². The average Bonchev–Trinajstić information content (AvgIpc) is 3.61. The quantitative estimate of drug-likeness (QED) is 0.281. The maximum atomic E-state index is 14.6. The number of aromatic nitrogens is 3. The molecule has 3 atom stereocenters. The van der Waals surface area contributed by atoms with Gasteiger partial charge in [-0.1, -0.05) is 54.4 Å².